The molecule has 0 saturated heterocycles. The standard InChI is InChI=1S/C16H22N2O3/c1-3-16(2,14(19)20)17-15(21)18-10-8-12-6-4-5-7-13(12)9-11-18/h4-7H,3,8-11H2,1-2H3,(H,17,21)(H,19,20). The number of carboxylic acids is 1. The number of benzene rings is 1. The number of carboxylic acid groups (broad SMARTS) is 1. The molecule has 1 atom stereocenters. The predicted octanol–water partition coefficient (Wildman–Crippen LogP) is 2.05. The third kappa shape index (κ3) is 3.35. The van der Waals surface area contributed by atoms with Crippen LogP contribution in [-0.2, 0) is 17.6 Å². The van der Waals surface area contributed by atoms with Gasteiger partial charge in [0.1, 0.15) is 5.54 Å². The maximum absolute atomic E-state index is 12.3. The van der Waals surface area contributed by atoms with Crippen molar-refractivity contribution in [3.05, 3.63) is 35.4 Å². The highest BCUT2D eigenvalue weighted by atomic mass is 16.4. The highest BCUT2D eigenvalue weighted by Gasteiger charge is 2.34. The van der Waals surface area contributed by atoms with Crippen LogP contribution in [0.25, 0.3) is 0 Å². The molecule has 1 unspecified atom stereocenters. The second-order valence-electron chi connectivity index (χ2n) is 5.68. The van der Waals surface area contributed by atoms with Crippen LogP contribution in [0.2, 0.25) is 0 Å². The fourth-order valence-electron chi connectivity index (χ4n) is 2.48. The zero-order valence-corrected chi connectivity index (χ0v) is 12.6. The first kappa shape index (κ1) is 15.4. The molecule has 5 heteroatoms. The van der Waals surface area contributed by atoms with E-state index < -0.39 is 11.5 Å². The van der Waals surface area contributed by atoms with E-state index in [1.54, 1.807) is 18.7 Å². The maximum Gasteiger partial charge on any atom is 0.329 e. The number of nitrogens with zero attached hydrogens (tertiary/aromatic N) is 1. The van der Waals surface area contributed by atoms with Gasteiger partial charge in [0.25, 0.3) is 0 Å². The topological polar surface area (TPSA) is 69.6 Å². The zero-order chi connectivity index (χ0) is 15.5. The number of hydrogen-bond donors (Lipinski definition) is 2. The van der Waals surface area contributed by atoms with Crippen LogP contribution in [-0.4, -0.2) is 40.6 Å². The van der Waals surface area contributed by atoms with Gasteiger partial charge in [0, 0.05) is 13.1 Å². The lowest BCUT2D eigenvalue weighted by molar-refractivity contribution is -0.143. The van der Waals surface area contributed by atoms with Crippen LogP contribution < -0.4 is 5.32 Å². The highest BCUT2D eigenvalue weighted by Crippen LogP contribution is 2.16. The monoisotopic (exact) mass is 290 g/mol. The number of hydrogen-bond acceptors (Lipinski definition) is 2. The second kappa shape index (κ2) is 6.16. The van der Waals surface area contributed by atoms with Crippen molar-refractivity contribution in [2.24, 2.45) is 0 Å². The molecule has 0 radical (unpaired) electrons. The van der Waals surface area contributed by atoms with Gasteiger partial charge in [-0.2, -0.15) is 0 Å². The molecular formula is C16H22N2O3. The van der Waals surface area contributed by atoms with Gasteiger partial charge in [-0.05, 0) is 37.3 Å². The largest absolute Gasteiger partial charge is 0.480 e. The van der Waals surface area contributed by atoms with Crippen LogP contribution in [0.15, 0.2) is 24.3 Å². The average molecular weight is 290 g/mol. The SMILES string of the molecule is CCC(C)(NC(=O)N1CCc2ccccc2CC1)C(=O)O. The van der Waals surface area contributed by atoms with Gasteiger partial charge >= 0.3 is 12.0 Å². The minimum Gasteiger partial charge on any atom is -0.480 e. The van der Waals surface area contributed by atoms with Crippen LogP contribution >= 0.6 is 0 Å². The van der Waals surface area contributed by atoms with Gasteiger partial charge in [-0.15, -0.1) is 0 Å². The quantitative estimate of drug-likeness (QED) is 0.895. The molecule has 2 N–H and O–H groups in total. The first-order valence-electron chi connectivity index (χ1n) is 7.33. The van der Waals surface area contributed by atoms with E-state index >= 15 is 0 Å². The second-order valence-corrected chi connectivity index (χ2v) is 5.68. The highest BCUT2D eigenvalue weighted by molar-refractivity contribution is 5.85. The number of nitrogens with one attached hydrogen (secondary N) is 1. The van der Waals surface area contributed by atoms with E-state index in [9.17, 15) is 14.7 Å². The third-order valence-corrected chi connectivity index (χ3v) is 4.27. The zero-order valence-electron chi connectivity index (χ0n) is 12.6. The van der Waals surface area contributed by atoms with Gasteiger partial charge in [0.05, 0.1) is 0 Å². The number of carbonyl (C=O) groups excluding carboxylic acids is 1. The van der Waals surface area contributed by atoms with Gasteiger partial charge in [-0.25, -0.2) is 9.59 Å². The van der Waals surface area contributed by atoms with E-state index in [0.29, 0.717) is 19.5 Å². The molecule has 2 amide bonds. The van der Waals surface area contributed by atoms with Crippen molar-refractivity contribution in [3.63, 3.8) is 0 Å². The summed E-state index contributed by atoms with van der Waals surface area (Å²) in [6.07, 6.45) is 1.96. The number of rotatable bonds is 3. The average Bonchev–Trinajstić information content (AvgIpc) is 2.69. The number of urea groups is 1. The summed E-state index contributed by atoms with van der Waals surface area (Å²) in [6, 6.07) is 7.89. The first-order valence-corrected chi connectivity index (χ1v) is 7.33. The Labute approximate surface area is 125 Å². The molecule has 114 valence electrons. The van der Waals surface area contributed by atoms with E-state index in [0.717, 1.165) is 12.8 Å². The van der Waals surface area contributed by atoms with Crippen LogP contribution in [0.4, 0.5) is 4.79 Å². The number of amides is 2. The van der Waals surface area contributed by atoms with Gasteiger partial charge in [0.2, 0.25) is 0 Å². The van der Waals surface area contributed by atoms with Crippen molar-refractivity contribution in [2.75, 3.05) is 13.1 Å². The summed E-state index contributed by atoms with van der Waals surface area (Å²) in [5.41, 5.74) is 1.32. The number of aliphatic carboxylic acids is 1. The Bertz CT molecular complexity index is 517. The summed E-state index contributed by atoms with van der Waals surface area (Å²) in [6.45, 7) is 4.52. The van der Waals surface area contributed by atoms with Gasteiger partial charge < -0.3 is 15.3 Å². The molecule has 21 heavy (non-hydrogen) atoms. The van der Waals surface area contributed by atoms with Crippen LogP contribution in [0, 0.1) is 0 Å². The molecule has 5 nitrogen and oxygen atoms in total. The van der Waals surface area contributed by atoms with E-state index in [-0.39, 0.29) is 6.03 Å². The summed E-state index contributed by atoms with van der Waals surface area (Å²) in [5, 5.41) is 11.9. The predicted molar refractivity (Wildman–Crippen MR) is 80.3 cm³/mol. The molecule has 0 aromatic heterocycles. The Morgan fingerprint density at radius 2 is 1.76 bits per heavy atom. The lowest BCUT2D eigenvalue weighted by Gasteiger charge is -2.29. The number of carbonyl (C=O) groups is 2. The minimum absolute atomic E-state index is 0.297. The molecule has 0 aliphatic carbocycles. The molecule has 0 fully saturated rings. The van der Waals surface area contributed by atoms with Crippen LogP contribution in [0.5, 0.6) is 0 Å². The van der Waals surface area contributed by atoms with Crippen LogP contribution in [0.3, 0.4) is 0 Å². The molecule has 2 rings (SSSR count). The van der Waals surface area contributed by atoms with Gasteiger partial charge in [0.15, 0.2) is 0 Å². The Balaban J connectivity index is 2.04. The van der Waals surface area contributed by atoms with Crippen molar-refractivity contribution >= 4 is 12.0 Å². The molecule has 1 aromatic carbocycles. The smallest absolute Gasteiger partial charge is 0.329 e. The Morgan fingerprint density at radius 3 is 2.19 bits per heavy atom. The Hall–Kier alpha value is -2.04. The van der Waals surface area contributed by atoms with E-state index in [1.165, 1.54) is 11.1 Å². The van der Waals surface area contributed by atoms with Crippen molar-refractivity contribution in [1.82, 2.24) is 10.2 Å². The maximum atomic E-state index is 12.3. The molecule has 1 aliphatic rings. The Kier molecular flexibility index (Phi) is 4.50. The lowest BCUT2D eigenvalue weighted by atomic mass is 10.00. The van der Waals surface area contributed by atoms with Gasteiger partial charge in [-0.3, -0.25) is 0 Å². The van der Waals surface area contributed by atoms with E-state index in [1.807, 2.05) is 12.1 Å². The van der Waals surface area contributed by atoms with Crippen molar-refractivity contribution in [3.8, 4) is 0 Å². The Morgan fingerprint density at radius 1 is 1.24 bits per heavy atom. The minimum atomic E-state index is -1.21. The summed E-state index contributed by atoms with van der Waals surface area (Å²) in [7, 11) is 0. The molecule has 1 aliphatic heterocycles. The van der Waals surface area contributed by atoms with Crippen LogP contribution in [0.1, 0.15) is 31.4 Å². The molecular weight excluding hydrogens is 268 g/mol. The fourth-order valence-corrected chi connectivity index (χ4v) is 2.48. The van der Waals surface area contributed by atoms with E-state index in [2.05, 4.69) is 17.4 Å². The summed E-state index contributed by atoms with van der Waals surface area (Å²) < 4.78 is 0. The fraction of sp³-hybridized carbons (Fsp3) is 0.500. The van der Waals surface area contributed by atoms with Crippen molar-refractivity contribution in [2.45, 2.75) is 38.6 Å². The first-order chi connectivity index (χ1) is 9.96. The normalized spacial score (nSPS) is 17.3. The van der Waals surface area contributed by atoms with E-state index in [4.69, 9.17) is 0 Å². The molecule has 0 saturated carbocycles. The van der Waals surface area contributed by atoms with Crippen molar-refractivity contribution in [1.29, 1.82) is 0 Å². The summed E-state index contributed by atoms with van der Waals surface area (Å²) in [4.78, 5) is 25.3. The molecule has 0 spiro atoms. The third-order valence-electron chi connectivity index (χ3n) is 4.27. The van der Waals surface area contributed by atoms with Gasteiger partial charge in [-0.1, -0.05) is 31.2 Å². The lowest BCUT2D eigenvalue weighted by Crippen LogP contribution is -2.56. The summed E-state index contributed by atoms with van der Waals surface area (Å²) in [5.74, 6) is -1.00. The molecule has 1 heterocycles. The number of fused-ring (bicyclic) bond motifs is 1. The summed E-state index contributed by atoms with van der Waals surface area (Å²) >= 11 is 0. The molecule has 0 bridgehead atoms. The van der Waals surface area contributed by atoms with Crippen molar-refractivity contribution < 1.29 is 14.7 Å². The molecule has 1 aromatic rings.